The molecule has 1 aromatic heterocycles. The van der Waals surface area contributed by atoms with Crippen LogP contribution in [0.3, 0.4) is 0 Å². The zero-order valence-corrected chi connectivity index (χ0v) is 11.0. The number of carbonyl (C=O) groups is 1. The van der Waals surface area contributed by atoms with Gasteiger partial charge >= 0.3 is 0 Å². The molecule has 5 nitrogen and oxygen atoms in total. The van der Waals surface area contributed by atoms with E-state index in [0.717, 1.165) is 11.3 Å². The van der Waals surface area contributed by atoms with Gasteiger partial charge in [0.05, 0.1) is 6.61 Å². The van der Waals surface area contributed by atoms with E-state index < -0.39 is 0 Å². The number of hydrogen-bond donors (Lipinski definition) is 0. The van der Waals surface area contributed by atoms with Gasteiger partial charge in [-0.3, -0.25) is 0 Å². The van der Waals surface area contributed by atoms with Crippen LogP contribution >= 0.6 is 0 Å². The van der Waals surface area contributed by atoms with Gasteiger partial charge in [-0.15, -0.1) is 0 Å². The normalized spacial score (nSPS) is 10.4. The summed E-state index contributed by atoms with van der Waals surface area (Å²) in [5.74, 6) is 1.88. The van der Waals surface area contributed by atoms with Gasteiger partial charge in [-0.2, -0.15) is 4.98 Å². The van der Waals surface area contributed by atoms with Crippen LogP contribution in [0.15, 0.2) is 28.8 Å². The molecule has 0 amide bonds. The van der Waals surface area contributed by atoms with Crippen molar-refractivity contribution in [2.45, 2.75) is 26.7 Å². The first-order valence-electron chi connectivity index (χ1n) is 6.24. The van der Waals surface area contributed by atoms with Crippen LogP contribution < -0.4 is 4.74 Å². The van der Waals surface area contributed by atoms with E-state index in [1.807, 2.05) is 31.2 Å². The second-order valence-corrected chi connectivity index (χ2v) is 4.17. The van der Waals surface area contributed by atoms with Crippen LogP contribution in [0.5, 0.6) is 5.75 Å². The second-order valence-electron chi connectivity index (χ2n) is 4.17. The molecule has 0 radical (unpaired) electrons. The summed E-state index contributed by atoms with van der Waals surface area (Å²) in [5.41, 5.74) is 0.837. The molecule has 0 unspecified atom stereocenters. The fraction of sp³-hybridized carbons (Fsp3) is 0.357. The first-order chi connectivity index (χ1) is 9.19. The van der Waals surface area contributed by atoms with Crippen molar-refractivity contribution in [3.8, 4) is 17.1 Å². The minimum absolute atomic E-state index is 0.109. The molecule has 0 atom stereocenters. The molecule has 0 aliphatic heterocycles. The van der Waals surface area contributed by atoms with Crippen molar-refractivity contribution < 1.29 is 14.1 Å². The van der Waals surface area contributed by atoms with E-state index in [1.165, 1.54) is 0 Å². The largest absolute Gasteiger partial charge is 0.494 e. The number of ether oxygens (including phenoxy) is 1. The lowest BCUT2D eigenvalue weighted by Gasteiger charge is -2.02. The summed E-state index contributed by atoms with van der Waals surface area (Å²) in [5, 5.41) is 3.91. The summed E-state index contributed by atoms with van der Waals surface area (Å²) >= 11 is 0. The Balaban J connectivity index is 2.13. The first kappa shape index (κ1) is 13.3. The first-order valence-corrected chi connectivity index (χ1v) is 6.24. The number of nitrogens with zero attached hydrogens (tertiary/aromatic N) is 2. The highest BCUT2D eigenvalue weighted by Crippen LogP contribution is 2.21. The molecular weight excluding hydrogens is 244 g/mol. The summed E-state index contributed by atoms with van der Waals surface area (Å²) in [7, 11) is 0. The Kier molecular flexibility index (Phi) is 4.28. The summed E-state index contributed by atoms with van der Waals surface area (Å²) in [6, 6.07) is 7.51. The molecule has 2 rings (SSSR count). The third-order valence-electron chi connectivity index (χ3n) is 2.56. The highest BCUT2D eigenvalue weighted by atomic mass is 16.5. The Labute approximate surface area is 111 Å². The summed E-state index contributed by atoms with van der Waals surface area (Å²) in [6.45, 7) is 4.09. The fourth-order valence-electron chi connectivity index (χ4n) is 1.65. The molecule has 0 spiro atoms. The fourth-order valence-corrected chi connectivity index (χ4v) is 1.65. The van der Waals surface area contributed by atoms with Crippen molar-refractivity contribution >= 4 is 5.78 Å². The van der Waals surface area contributed by atoms with Crippen LogP contribution in [-0.2, 0) is 11.2 Å². The van der Waals surface area contributed by atoms with Gasteiger partial charge in [-0.25, -0.2) is 0 Å². The maximum Gasteiger partial charge on any atom is 0.227 e. The average Bonchev–Trinajstić information content (AvgIpc) is 2.86. The molecule has 19 heavy (non-hydrogen) atoms. The van der Waals surface area contributed by atoms with Crippen LogP contribution in [0.2, 0.25) is 0 Å². The number of aryl methyl sites for hydroxylation is 1. The molecule has 0 aliphatic carbocycles. The van der Waals surface area contributed by atoms with Gasteiger partial charge in [0.15, 0.2) is 0 Å². The van der Waals surface area contributed by atoms with E-state index in [2.05, 4.69) is 10.1 Å². The molecule has 0 fully saturated rings. The lowest BCUT2D eigenvalue weighted by molar-refractivity contribution is -0.117. The molecule has 0 aliphatic rings. The lowest BCUT2D eigenvalue weighted by atomic mass is 10.2. The van der Waals surface area contributed by atoms with Crippen LogP contribution in [0, 0.1) is 0 Å². The van der Waals surface area contributed by atoms with Crippen molar-refractivity contribution in [2.75, 3.05) is 6.61 Å². The third kappa shape index (κ3) is 3.64. The second kappa shape index (κ2) is 6.13. The van der Waals surface area contributed by atoms with Crippen molar-refractivity contribution in [1.29, 1.82) is 0 Å². The quantitative estimate of drug-likeness (QED) is 0.798. The SMILES string of the molecule is CCOc1cccc(-c2noc(CCC(C)=O)n2)c1. The molecule has 2 aromatic rings. The van der Waals surface area contributed by atoms with Gasteiger partial charge in [0.25, 0.3) is 0 Å². The molecule has 100 valence electrons. The van der Waals surface area contributed by atoms with E-state index in [9.17, 15) is 4.79 Å². The third-order valence-corrected chi connectivity index (χ3v) is 2.56. The Morgan fingerprint density at radius 3 is 3.00 bits per heavy atom. The predicted molar refractivity (Wildman–Crippen MR) is 69.9 cm³/mol. The molecule has 0 saturated carbocycles. The van der Waals surface area contributed by atoms with E-state index in [4.69, 9.17) is 9.26 Å². The molecule has 0 saturated heterocycles. The molecule has 1 heterocycles. The molecule has 1 aromatic carbocycles. The Bertz CT molecular complexity index is 563. The smallest absolute Gasteiger partial charge is 0.227 e. The summed E-state index contributed by atoms with van der Waals surface area (Å²) in [4.78, 5) is 15.2. The number of carbonyl (C=O) groups excluding carboxylic acids is 1. The van der Waals surface area contributed by atoms with Crippen LogP contribution in [0.1, 0.15) is 26.2 Å². The van der Waals surface area contributed by atoms with Crippen LogP contribution in [-0.4, -0.2) is 22.5 Å². The van der Waals surface area contributed by atoms with Gasteiger partial charge in [0, 0.05) is 18.4 Å². The lowest BCUT2D eigenvalue weighted by Crippen LogP contribution is -1.94. The molecule has 5 heteroatoms. The maximum atomic E-state index is 10.9. The molecule has 0 bridgehead atoms. The van der Waals surface area contributed by atoms with Gasteiger partial charge in [-0.1, -0.05) is 17.3 Å². The predicted octanol–water partition coefficient (Wildman–Crippen LogP) is 2.66. The standard InChI is InChI=1S/C14H16N2O3/c1-3-18-12-6-4-5-11(9-12)14-15-13(19-16-14)8-7-10(2)17/h4-6,9H,3,7-8H2,1-2H3. The van der Waals surface area contributed by atoms with Crippen molar-refractivity contribution in [2.24, 2.45) is 0 Å². The minimum atomic E-state index is 0.109. The topological polar surface area (TPSA) is 65.2 Å². The highest BCUT2D eigenvalue weighted by Gasteiger charge is 2.10. The minimum Gasteiger partial charge on any atom is -0.494 e. The number of hydrogen-bond acceptors (Lipinski definition) is 5. The van der Waals surface area contributed by atoms with E-state index in [0.29, 0.717) is 31.2 Å². The Morgan fingerprint density at radius 1 is 1.42 bits per heavy atom. The van der Waals surface area contributed by atoms with Gasteiger partial charge in [-0.05, 0) is 26.0 Å². The number of Topliss-reactive ketones (excluding diaryl/α,β-unsaturated/α-hetero) is 1. The average molecular weight is 260 g/mol. The number of ketones is 1. The Morgan fingerprint density at radius 2 is 2.26 bits per heavy atom. The van der Waals surface area contributed by atoms with Crippen molar-refractivity contribution in [3.63, 3.8) is 0 Å². The van der Waals surface area contributed by atoms with Gasteiger partial charge in [0.1, 0.15) is 11.5 Å². The number of benzene rings is 1. The van der Waals surface area contributed by atoms with Crippen LogP contribution in [0.4, 0.5) is 0 Å². The van der Waals surface area contributed by atoms with E-state index >= 15 is 0 Å². The summed E-state index contributed by atoms with van der Waals surface area (Å²) in [6.07, 6.45) is 0.897. The zero-order valence-electron chi connectivity index (χ0n) is 11.0. The summed E-state index contributed by atoms with van der Waals surface area (Å²) < 4.78 is 10.5. The number of aromatic nitrogens is 2. The van der Waals surface area contributed by atoms with E-state index in [-0.39, 0.29) is 5.78 Å². The highest BCUT2D eigenvalue weighted by molar-refractivity contribution is 5.75. The van der Waals surface area contributed by atoms with Gasteiger partial charge < -0.3 is 14.1 Å². The van der Waals surface area contributed by atoms with Gasteiger partial charge in [0.2, 0.25) is 11.7 Å². The Hall–Kier alpha value is -2.17. The monoisotopic (exact) mass is 260 g/mol. The maximum absolute atomic E-state index is 10.9. The number of rotatable bonds is 6. The van der Waals surface area contributed by atoms with Crippen molar-refractivity contribution in [3.05, 3.63) is 30.2 Å². The van der Waals surface area contributed by atoms with Crippen LogP contribution in [0.25, 0.3) is 11.4 Å². The zero-order chi connectivity index (χ0) is 13.7. The molecule has 0 N–H and O–H groups in total. The van der Waals surface area contributed by atoms with E-state index in [1.54, 1.807) is 6.92 Å². The van der Waals surface area contributed by atoms with Crippen molar-refractivity contribution in [1.82, 2.24) is 10.1 Å². The molecular formula is C14H16N2O3.